The number of carbonyl (C=O) groups excluding carboxylic acids is 1. The Bertz CT molecular complexity index is 544. The van der Waals surface area contributed by atoms with Crippen molar-refractivity contribution in [3.05, 3.63) is 29.8 Å². The summed E-state index contributed by atoms with van der Waals surface area (Å²) in [5.74, 6) is -1.42. The zero-order chi connectivity index (χ0) is 15.6. The van der Waals surface area contributed by atoms with E-state index in [-0.39, 0.29) is 11.8 Å². The molecule has 3 atom stereocenters. The van der Waals surface area contributed by atoms with E-state index in [2.05, 4.69) is 0 Å². The van der Waals surface area contributed by atoms with Crippen LogP contribution in [0.5, 0.6) is 0 Å². The molecule has 0 bridgehead atoms. The summed E-state index contributed by atoms with van der Waals surface area (Å²) in [4.78, 5) is 25.6. The normalized spacial score (nSPS) is 20.5. The van der Waals surface area contributed by atoms with Crippen LogP contribution in [0.25, 0.3) is 0 Å². The van der Waals surface area contributed by atoms with E-state index in [1.54, 1.807) is 23.1 Å². The van der Waals surface area contributed by atoms with Crippen molar-refractivity contribution in [1.29, 1.82) is 0 Å². The van der Waals surface area contributed by atoms with Gasteiger partial charge in [-0.25, -0.2) is 0 Å². The molecule has 1 heterocycles. The van der Waals surface area contributed by atoms with E-state index in [0.29, 0.717) is 24.2 Å². The first-order valence-corrected chi connectivity index (χ1v) is 7.36. The highest BCUT2D eigenvalue weighted by molar-refractivity contribution is 5.99. The number of hydrogen-bond donors (Lipinski definition) is 2. The zero-order valence-electron chi connectivity index (χ0n) is 12.5. The van der Waals surface area contributed by atoms with E-state index in [0.717, 1.165) is 6.42 Å². The predicted molar refractivity (Wildman–Crippen MR) is 81.2 cm³/mol. The summed E-state index contributed by atoms with van der Waals surface area (Å²) < 4.78 is 0. The third-order valence-electron chi connectivity index (χ3n) is 4.35. The predicted octanol–water partition coefficient (Wildman–Crippen LogP) is 1.96. The highest BCUT2D eigenvalue weighted by atomic mass is 16.4. The molecule has 3 N–H and O–H groups in total. The average molecular weight is 290 g/mol. The molecule has 0 aromatic heterocycles. The number of nitrogens with two attached hydrogens (primary N) is 1. The summed E-state index contributed by atoms with van der Waals surface area (Å²) in [6.07, 6.45) is 1.26. The van der Waals surface area contributed by atoms with Crippen molar-refractivity contribution in [3.8, 4) is 0 Å². The Morgan fingerprint density at radius 1 is 1.43 bits per heavy atom. The number of fused-ring (bicyclic) bond motifs is 1. The van der Waals surface area contributed by atoms with E-state index in [1.807, 2.05) is 19.9 Å². The molecule has 2 unspecified atom stereocenters. The minimum Gasteiger partial charge on any atom is -0.481 e. The van der Waals surface area contributed by atoms with Gasteiger partial charge in [0.25, 0.3) is 0 Å². The fraction of sp³-hybridized carbons (Fsp3) is 0.500. The van der Waals surface area contributed by atoms with Crippen LogP contribution in [0.3, 0.4) is 0 Å². The molecule has 0 saturated heterocycles. The Labute approximate surface area is 124 Å². The molecular weight excluding hydrogens is 268 g/mol. The summed E-state index contributed by atoms with van der Waals surface area (Å²) >= 11 is 0. The number of carboxylic acid groups (broad SMARTS) is 1. The number of rotatable bonds is 4. The van der Waals surface area contributed by atoms with Gasteiger partial charge in [-0.3, -0.25) is 9.59 Å². The first-order chi connectivity index (χ1) is 9.97. The van der Waals surface area contributed by atoms with Crippen molar-refractivity contribution < 1.29 is 14.7 Å². The molecule has 1 aliphatic rings. The summed E-state index contributed by atoms with van der Waals surface area (Å²) in [6.45, 7) is 4.36. The standard InChI is InChI=1S/C16H22N2O3/c1-3-10(2)14(17)15(19)18-9-8-12(16(20)21)11-6-4-5-7-13(11)18/h4-7,10,12,14H,3,8-9,17H2,1-2H3,(H,20,21)/t10?,12?,14-/m0/s1. The second kappa shape index (κ2) is 6.26. The third-order valence-corrected chi connectivity index (χ3v) is 4.35. The molecule has 5 nitrogen and oxygen atoms in total. The summed E-state index contributed by atoms with van der Waals surface area (Å²) in [5.41, 5.74) is 7.42. The molecule has 1 aromatic rings. The second-order valence-corrected chi connectivity index (χ2v) is 5.64. The monoisotopic (exact) mass is 290 g/mol. The van der Waals surface area contributed by atoms with Crippen molar-refractivity contribution in [2.75, 3.05) is 11.4 Å². The average Bonchev–Trinajstić information content (AvgIpc) is 2.51. The zero-order valence-corrected chi connectivity index (χ0v) is 12.5. The van der Waals surface area contributed by atoms with Crippen LogP contribution in [-0.4, -0.2) is 29.6 Å². The number of carbonyl (C=O) groups is 2. The van der Waals surface area contributed by atoms with Gasteiger partial charge >= 0.3 is 5.97 Å². The van der Waals surface area contributed by atoms with Gasteiger partial charge in [-0.2, -0.15) is 0 Å². The smallest absolute Gasteiger partial charge is 0.311 e. The SMILES string of the molecule is CCC(C)[C@H](N)C(=O)N1CCC(C(=O)O)c2ccccc21. The number of anilines is 1. The largest absolute Gasteiger partial charge is 0.481 e. The minimum absolute atomic E-state index is 0.0989. The van der Waals surface area contributed by atoms with Crippen LogP contribution >= 0.6 is 0 Å². The van der Waals surface area contributed by atoms with Crippen LogP contribution in [0.2, 0.25) is 0 Å². The molecular formula is C16H22N2O3. The van der Waals surface area contributed by atoms with Gasteiger partial charge in [0, 0.05) is 12.2 Å². The Hall–Kier alpha value is -1.88. The highest BCUT2D eigenvalue weighted by Gasteiger charge is 2.34. The molecule has 1 aliphatic heterocycles. The van der Waals surface area contributed by atoms with Crippen LogP contribution in [0.15, 0.2) is 24.3 Å². The number of carboxylic acids is 1. The third kappa shape index (κ3) is 2.93. The van der Waals surface area contributed by atoms with Crippen LogP contribution in [-0.2, 0) is 9.59 Å². The summed E-state index contributed by atoms with van der Waals surface area (Å²) in [5, 5.41) is 9.32. The van der Waals surface area contributed by atoms with Gasteiger partial charge in [-0.15, -0.1) is 0 Å². The van der Waals surface area contributed by atoms with Crippen LogP contribution < -0.4 is 10.6 Å². The van der Waals surface area contributed by atoms with Gasteiger partial charge in [0.05, 0.1) is 12.0 Å². The fourth-order valence-corrected chi connectivity index (χ4v) is 2.72. The van der Waals surface area contributed by atoms with Gasteiger partial charge in [-0.1, -0.05) is 38.5 Å². The Morgan fingerprint density at radius 3 is 2.71 bits per heavy atom. The summed E-state index contributed by atoms with van der Waals surface area (Å²) in [6, 6.07) is 6.65. The molecule has 114 valence electrons. The number of amides is 1. The van der Waals surface area contributed by atoms with E-state index in [9.17, 15) is 14.7 Å². The topological polar surface area (TPSA) is 83.6 Å². The molecule has 2 rings (SSSR count). The van der Waals surface area contributed by atoms with E-state index >= 15 is 0 Å². The van der Waals surface area contributed by atoms with Gasteiger partial charge in [0.1, 0.15) is 0 Å². The van der Waals surface area contributed by atoms with Gasteiger partial charge < -0.3 is 15.7 Å². The Balaban J connectivity index is 2.33. The maximum atomic E-state index is 12.6. The lowest BCUT2D eigenvalue weighted by atomic mass is 9.89. The maximum Gasteiger partial charge on any atom is 0.311 e. The summed E-state index contributed by atoms with van der Waals surface area (Å²) in [7, 11) is 0. The van der Waals surface area contributed by atoms with Crippen molar-refractivity contribution in [2.24, 2.45) is 11.7 Å². The Kier molecular flexibility index (Phi) is 4.63. The fourth-order valence-electron chi connectivity index (χ4n) is 2.72. The van der Waals surface area contributed by atoms with Crippen LogP contribution in [0.1, 0.15) is 38.2 Å². The number of hydrogen-bond acceptors (Lipinski definition) is 3. The van der Waals surface area contributed by atoms with Crippen molar-refractivity contribution in [2.45, 2.75) is 38.6 Å². The first kappa shape index (κ1) is 15.5. The molecule has 1 aromatic carbocycles. The molecule has 0 spiro atoms. The lowest BCUT2D eigenvalue weighted by Gasteiger charge is -2.35. The number of aliphatic carboxylic acids is 1. The van der Waals surface area contributed by atoms with Crippen LogP contribution in [0, 0.1) is 5.92 Å². The molecule has 1 amide bonds. The van der Waals surface area contributed by atoms with Gasteiger partial charge in [0.2, 0.25) is 5.91 Å². The van der Waals surface area contributed by atoms with Crippen LogP contribution in [0.4, 0.5) is 5.69 Å². The van der Waals surface area contributed by atoms with E-state index in [4.69, 9.17) is 5.73 Å². The molecule has 0 radical (unpaired) electrons. The van der Waals surface area contributed by atoms with Crippen molar-refractivity contribution >= 4 is 17.6 Å². The lowest BCUT2D eigenvalue weighted by Crippen LogP contribution is -2.49. The maximum absolute atomic E-state index is 12.6. The number of nitrogens with zero attached hydrogens (tertiary/aromatic N) is 1. The Morgan fingerprint density at radius 2 is 2.10 bits per heavy atom. The van der Waals surface area contributed by atoms with Gasteiger partial charge in [0.15, 0.2) is 0 Å². The number of para-hydroxylation sites is 1. The molecule has 0 saturated carbocycles. The van der Waals surface area contributed by atoms with Gasteiger partial charge in [-0.05, 0) is 24.0 Å². The van der Waals surface area contributed by atoms with E-state index < -0.39 is 17.9 Å². The highest BCUT2D eigenvalue weighted by Crippen LogP contribution is 2.35. The molecule has 0 aliphatic carbocycles. The van der Waals surface area contributed by atoms with E-state index in [1.165, 1.54) is 0 Å². The van der Waals surface area contributed by atoms with Crippen molar-refractivity contribution in [1.82, 2.24) is 0 Å². The second-order valence-electron chi connectivity index (χ2n) is 5.64. The molecule has 0 fully saturated rings. The first-order valence-electron chi connectivity index (χ1n) is 7.36. The number of benzene rings is 1. The quantitative estimate of drug-likeness (QED) is 0.888. The molecule has 21 heavy (non-hydrogen) atoms. The van der Waals surface area contributed by atoms with Crippen molar-refractivity contribution in [3.63, 3.8) is 0 Å². The minimum atomic E-state index is -0.847. The lowest BCUT2D eigenvalue weighted by molar-refractivity contribution is -0.139. The molecule has 5 heteroatoms.